The van der Waals surface area contributed by atoms with Gasteiger partial charge in [0.25, 0.3) is 0 Å². The summed E-state index contributed by atoms with van der Waals surface area (Å²) in [6.45, 7) is 4.35. The van der Waals surface area contributed by atoms with Crippen LogP contribution >= 0.6 is 11.6 Å². The van der Waals surface area contributed by atoms with Gasteiger partial charge in [0, 0.05) is 49.2 Å². The zero-order valence-electron chi connectivity index (χ0n) is 14.9. The fourth-order valence-electron chi connectivity index (χ4n) is 3.43. The van der Waals surface area contributed by atoms with E-state index in [1.54, 1.807) is 0 Å². The molecule has 0 bridgehead atoms. The molecule has 4 rings (SSSR count). The normalized spacial score (nSPS) is 14.9. The second kappa shape index (κ2) is 7.83. The Kier molecular flexibility index (Phi) is 5.10. The lowest BCUT2D eigenvalue weighted by atomic mass is 10.0. The van der Waals surface area contributed by atoms with Crippen LogP contribution in [-0.2, 0) is 0 Å². The first-order valence-corrected chi connectivity index (χ1v) is 9.29. The fraction of sp³-hybridized carbons (Fsp3) is 0.238. The summed E-state index contributed by atoms with van der Waals surface area (Å²) in [5.41, 5.74) is 4.21. The number of nitrogens with zero attached hydrogens (tertiary/aromatic N) is 4. The topological polar surface area (TPSA) is 48.0 Å². The molecule has 6 heteroatoms. The molecule has 0 spiro atoms. The maximum Gasteiger partial charge on any atom is 0.159 e. The molecule has 1 aliphatic rings. The van der Waals surface area contributed by atoms with Crippen molar-refractivity contribution >= 4 is 17.4 Å². The third-order valence-corrected chi connectivity index (χ3v) is 5.09. The van der Waals surface area contributed by atoms with E-state index in [2.05, 4.69) is 30.9 Å². The Labute approximate surface area is 164 Å². The molecule has 3 heterocycles. The molecular weight excluding hydrogens is 358 g/mol. The van der Waals surface area contributed by atoms with Gasteiger partial charge in [0.1, 0.15) is 0 Å². The van der Waals surface area contributed by atoms with Gasteiger partial charge in [-0.25, -0.2) is 0 Å². The highest BCUT2D eigenvalue weighted by molar-refractivity contribution is 6.30. The molecule has 0 radical (unpaired) electrons. The lowest BCUT2D eigenvalue weighted by Gasteiger charge is -2.34. The maximum atomic E-state index is 6.06. The van der Waals surface area contributed by atoms with E-state index in [4.69, 9.17) is 18.0 Å². The monoisotopic (exact) mass is 377 g/mol. The minimum atomic E-state index is 0.696. The van der Waals surface area contributed by atoms with Crippen LogP contribution in [-0.4, -0.2) is 52.8 Å². The highest BCUT2D eigenvalue weighted by Gasteiger charge is 2.24. The fourth-order valence-corrected chi connectivity index (χ4v) is 3.55. The van der Waals surface area contributed by atoms with Crippen LogP contribution < -0.4 is 4.90 Å². The molecule has 1 saturated heterocycles. The zero-order valence-corrected chi connectivity index (χ0v) is 15.7. The highest BCUT2D eigenvalue weighted by atomic mass is 35.5. The van der Waals surface area contributed by atoms with E-state index in [1.165, 1.54) is 0 Å². The van der Waals surface area contributed by atoms with E-state index in [-0.39, 0.29) is 0 Å². The lowest BCUT2D eigenvalue weighted by Crippen LogP contribution is -2.46. The van der Waals surface area contributed by atoms with Crippen LogP contribution in [0.2, 0.25) is 5.02 Å². The molecule has 1 N–H and O–H groups in total. The number of benzene rings is 1. The predicted octanol–water partition coefficient (Wildman–Crippen LogP) is 3.55. The summed E-state index contributed by atoms with van der Waals surface area (Å²) in [7, 11) is 0. The number of aromatic nitrogens is 3. The third kappa shape index (κ3) is 3.68. The Morgan fingerprint density at radius 3 is 2.37 bits per heavy atom. The van der Waals surface area contributed by atoms with Gasteiger partial charge in [0.2, 0.25) is 0 Å². The number of pyridine rings is 1. The SMILES string of the molecule is C#CCN1CCN(c2n[nH]c(-c3ccc(Cl)cc3)c2-c2ccncc2)CC1. The second-order valence-corrected chi connectivity index (χ2v) is 6.94. The van der Waals surface area contributed by atoms with Gasteiger partial charge < -0.3 is 4.90 Å². The van der Waals surface area contributed by atoms with Gasteiger partial charge in [-0.2, -0.15) is 5.10 Å². The van der Waals surface area contributed by atoms with E-state index in [0.717, 1.165) is 54.4 Å². The Balaban J connectivity index is 1.72. The van der Waals surface area contributed by atoms with Gasteiger partial charge in [-0.05, 0) is 29.8 Å². The Morgan fingerprint density at radius 2 is 1.70 bits per heavy atom. The average molecular weight is 378 g/mol. The number of nitrogens with one attached hydrogen (secondary N) is 1. The van der Waals surface area contributed by atoms with Gasteiger partial charge in [0.15, 0.2) is 5.82 Å². The van der Waals surface area contributed by atoms with Crippen LogP contribution in [0.5, 0.6) is 0 Å². The molecule has 0 amide bonds. The van der Waals surface area contributed by atoms with Crippen molar-refractivity contribution in [2.45, 2.75) is 0 Å². The predicted molar refractivity (Wildman–Crippen MR) is 110 cm³/mol. The molecule has 1 aromatic carbocycles. The highest BCUT2D eigenvalue weighted by Crippen LogP contribution is 2.38. The quantitative estimate of drug-likeness (QED) is 0.706. The van der Waals surface area contributed by atoms with Crippen LogP contribution in [0.3, 0.4) is 0 Å². The molecule has 3 aromatic rings. The molecule has 0 aliphatic carbocycles. The van der Waals surface area contributed by atoms with Gasteiger partial charge in [-0.3, -0.25) is 15.0 Å². The Morgan fingerprint density at radius 1 is 1.00 bits per heavy atom. The lowest BCUT2D eigenvalue weighted by molar-refractivity contribution is 0.287. The number of rotatable bonds is 4. The first-order valence-electron chi connectivity index (χ1n) is 8.91. The van der Waals surface area contributed by atoms with Crippen molar-refractivity contribution in [3.8, 4) is 34.7 Å². The minimum absolute atomic E-state index is 0.696. The summed E-state index contributed by atoms with van der Waals surface area (Å²) >= 11 is 6.06. The number of aromatic amines is 1. The van der Waals surface area contributed by atoms with Crippen molar-refractivity contribution in [1.29, 1.82) is 0 Å². The zero-order chi connectivity index (χ0) is 18.6. The van der Waals surface area contributed by atoms with Crippen LogP contribution in [0.25, 0.3) is 22.4 Å². The summed E-state index contributed by atoms with van der Waals surface area (Å²) in [5, 5.41) is 8.63. The Hall–Kier alpha value is -2.81. The average Bonchev–Trinajstić information content (AvgIpc) is 3.15. The first kappa shape index (κ1) is 17.6. The standard InChI is InChI=1S/C21H20ClN5/c1-2-11-26-12-14-27(15-13-26)21-19(16-7-9-23-10-8-16)20(24-25-21)17-3-5-18(22)6-4-17/h1,3-10H,11-15H2,(H,24,25). The smallest absolute Gasteiger partial charge is 0.159 e. The Bertz CT molecular complexity index is 935. The van der Waals surface area contributed by atoms with Gasteiger partial charge in [-0.15, -0.1) is 6.42 Å². The first-order chi connectivity index (χ1) is 13.3. The number of hydrogen-bond acceptors (Lipinski definition) is 4. The molecule has 136 valence electrons. The molecule has 1 fully saturated rings. The van der Waals surface area contributed by atoms with E-state index in [1.807, 2.05) is 48.8 Å². The molecule has 27 heavy (non-hydrogen) atoms. The number of anilines is 1. The second-order valence-electron chi connectivity index (χ2n) is 6.51. The number of halogens is 1. The van der Waals surface area contributed by atoms with Crippen LogP contribution in [0, 0.1) is 12.3 Å². The van der Waals surface area contributed by atoms with Gasteiger partial charge in [-0.1, -0.05) is 29.7 Å². The summed E-state index contributed by atoms with van der Waals surface area (Å²) in [4.78, 5) is 8.76. The van der Waals surface area contributed by atoms with Crippen molar-refractivity contribution in [1.82, 2.24) is 20.1 Å². The number of terminal acetylenes is 1. The molecule has 1 aliphatic heterocycles. The van der Waals surface area contributed by atoms with Crippen LogP contribution in [0.4, 0.5) is 5.82 Å². The van der Waals surface area contributed by atoms with Crippen molar-refractivity contribution < 1.29 is 0 Å². The van der Waals surface area contributed by atoms with E-state index in [9.17, 15) is 0 Å². The minimum Gasteiger partial charge on any atom is -0.352 e. The van der Waals surface area contributed by atoms with Crippen LogP contribution in [0.1, 0.15) is 0 Å². The van der Waals surface area contributed by atoms with E-state index >= 15 is 0 Å². The molecule has 0 unspecified atom stereocenters. The van der Waals surface area contributed by atoms with Gasteiger partial charge in [0.05, 0.1) is 17.8 Å². The molecular formula is C21H20ClN5. The summed E-state index contributed by atoms with van der Waals surface area (Å²) in [6, 6.07) is 11.8. The van der Waals surface area contributed by atoms with Crippen molar-refractivity contribution in [3.63, 3.8) is 0 Å². The summed E-state index contributed by atoms with van der Waals surface area (Å²) in [6.07, 6.45) is 9.06. The van der Waals surface area contributed by atoms with E-state index < -0.39 is 0 Å². The molecule has 0 atom stereocenters. The maximum absolute atomic E-state index is 6.06. The van der Waals surface area contributed by atoms with Crippen LogP contribution in [0.15, 0.2) is 48.8 Å². The molecule has 5 nitrogen and oxygen atoms in total. The van der Waals surface area contributed by atoms with Crippen molar-refractivity contribution in [2.24, 2.45) is 0 Å². The summed E-state index contributed by atoms with van der Waals surface area (Å²) < 4.78 is 0. The molecule has 0 saturated carbocycles. The van der Waals surface area contributed by atoms with Crippen molar-refractivity contribution in [3.05, 3.63) is 53.8 Å². The third-order valence-electron chi connectivity index (χ3n) is 4.84. The number of H-pyrrole nitrogens is 1. The summed E-state index contributed by atoms with van der Waals surface area (Å²) in [5.74, 6) is 3.69. The largest absolute Gasteiger partial charge is 0.352 e. The number of hydrogen-bond donors (Lipinski definition) is 1. The molecule has 2 aromatic heterocycles. The van der Waals surface area contributed by atoms with E-state index in [0.29, 0.717) is 11.6 Å². The number of piperazine rings is 1. The van der Waals surface area contributed by atoms with Crippen molar-refractivity contribution in [2.75, 3.05) is 37.6 Å². The van der Waals surface area contributed by atoms with Gasteiger partial charge >= 0.3 is 0 Å².